The Labute approximate surface area is 179 Å². The first-order valence-electron chi connectivity index (χ1n) is 10.6. The fourth-order valence-corrected chi connectivity index (χ4v) is 4.42. The lowest BCUT2D eigenvalue weighted by atomic mass is 9.78. The molecule has 0 aliphatic carbocycles. The molecule has 4 nitrogen and oxygen atoms in total. The normalized spacial score (nSPS) is 18.7. The third kappa shape index (κ3) is 4.45. The van der Waals surface area contributed by atoms with Crippen molar-refractivity contribution < 1.29 is 14.6 Å². The summed E-state index contributed by atoms with van der Waals surface area (Å²) in [5, 5.41) is 12.6. The van der Waals surface area contributed by atoms with Gasteiger partial charge in [0.25, 0.3) is 0 Å². The Hall–Kier alpha value is -2.56. The van der Waals surface area contributed by atoms with Crippen LogP contribution < -0.4 is 9.47 Å². The van der Waals surface area contributed by atoms with Crippen molar-refractivity contribution in [1.82, 2.24) is 4.90 Å². The third-order valence-corrected chi connectivity index (χ3v) is 5.66. The van der Waals surface area contributed by atoms with Crippen LogP contribution in [0, 0.1) is 0 Å². The summed E-state index contributed by atoms with van der Waals surface area (Å²) in [5.74, 6) is 1.84. The number of ether oxygens (including phenoxy) is 2. The van der Waals surface area contributed by atoms with Crippen molar-refractivity contribution in [2.45, 2.75) is 37.9 Å². The van der Waals surface area contributed by atoms with E-state index in [0.29, 0.717) is 6.54 Å². The van der Waals surface area contributed by atoms with Gasteiger partial charge >= 0.3 is 0 Å². The maximum atomic E-state index is 10.1. The summed E-state index contributed by atoms with van der Waals surface area (Å²) in [4.78, 5) is 1.95. The molecule has 0 saturated heterocycles. The Morgan fingerprint density at radius 2 is 1.83 bits per heavy atom. The molecule has 0 bridgehead atoms. The Bertz CT molecular complexity index is 1020. The van der Waals surface area contributed by atoms with Gasteiger partial charge in [-0.25, -0.2) is 0 Å². The highest BCUT2D eigenvalue weighted by molar-refractivity contribution is 5.86. The van der Waals surface area contributed by atoms with Crippen LogP contribution in [0.25, 0.3) is 10.8 Å². The predicted molar refractivity (Wildman–Crippen MR) is 122 cm³/mol. The van der Waals surface area contributed by atoms with E-state index in [9.17, 15) is 5.11 Å². The van der Waals surface area contributed by atoms with Crippen LogP contribution in [0.1, 0.15) is 37.3 Å². The van der Waals surface area contributed by atoms with E-state index in [-0.39, 0.29) is 18.1 Å². The van der Waals surface area contributed by atoms with Gasteiger partial charge in [0, 0.05) is 24.1 Å². The van der Waals surface area contributed by atoms with Gasteiger partial charge in [-0.15, -0.1) is 0 Å². The summed E-state index contributed by atoms with van der Waals surface area (Å²) in [6.45, 7) is 5.11. The van der Waals surface area contributed by atoms with Crippen LogP contribution >= 0.6 is 0 Å². The minimum atomic E-state index is -0.531. The highest BCUT2D eigenvalue weighted by atomic mass is 16.5. The van der Waals surface area contributed by atoms with Crippen LogP contribution in [0.5, 0.6) is 11.5 Å². The smallest absolute Gasteiger partial charge is 0.127 e. The minimum absolute atomic E-state index is 0.253. The number of aliphatic hydroxyl groups is 1. The Morgan fingerprint density at radius 1 is 1.07 bits per heavy atom. The molecule has 3 aromatic carbocycles. The van der Waals surface area contributed by atoms with Gasteiger partial charge in [-0.1, -0.05) is 48.5 Å². The molecule has 0 saturated carbocycles. The zero-order valence-corrected chi connectivity index (χ0v) is 18.3. The summed E-state index contributed by atoms with van der Waals surface area (Å²) in [6.07, 6.45) is 0.382. The van der Waals surface area contributed by atoms with Crippen LogP contribution in [0.2, 0.25) is 0 Å². The lowest BCUT2D eigenvalue weighted by molar-refractivity contribution is 0.0736. The van der Waals surface area contributed by atoms with E-state index in [1.54, 1.807) is 0 Å². The van der Waals surface area contributed by atoms with E-state index in [1.165, 1.54) is 21.9 Å². The number of likely N-dealkylation sites (N-methyl/N-ethyl adjacent to an activating group) is 1. The molecule has 0 spiro atoms. The zero-order valence-electron chi connectivity index (χ0n) is 18.3. The van der Waals surface area contributed by atoms with Gasteiger partial charge < -0.3 is 19.5 Å². The van der Waals surface area contributed by atoms with Gasteiger partial charge in [0.05, 0.1) is 0 Å². The fourth-order valence-electron chi connectivity index (χ4n) is 4.42. The lowest BCUT2D eigenvalue weighted by Gasteiger charge is -2.38. The van der Waals surface area contributed by atoms with Gasteiger partial charge in [-0.3, -0.25) is 0 Å². The molecule has 1 heterocycles. The van der Waals surface area contributed by atoms with Crippen molar-refractivity contribution in [3.8, 4) is 11.5 Å². The molecule has 4 heteroatoms. The van der Waals surface area contributed by atoms with Crippen molar-refractivity contribution in [3.63, 3.8) is 0 Å². The van der Waals surface area contributed by atoms with Crippen LogP contribution in [0.15, 0.2) is 60.7 Å². The van der Waals surface area contributed by atoms with E-state index < -0.39 is 6.10 Å². The van der Waals surface area contributed by atoms with E-state index >= 15 is 0 Å². The molecule has 158 valence electrons. The number of benzene rings is 3. The summed E-state index contributed by atoms with van der Waals surface area (Å²) >= 11 is 0. The molecule has 0 radical (unpaired) electrons. The second-order valence-corrected chi connectivity index (χ2v) is 9.11. The molecule has 2 unspecified atom stereocenters. The Kier molecular flexibility index (Phi) is 5.72. The fraction of sp³-hybridized carbons (Fsp3) is 0.385. The van der Waals surface area contributed by atoms with Crippen molar-refractivity contribution in [3.05, 3.63) is 71.8 Å². The molecule has 30 heavy (non-hydrogen) atoms. The average Bonchev–Trinajstić information content (AvgIpc) is 2.70. The third-order valence-electron chi connectivity index (χ3n) is 5.66. The molecule has 4 rings (SSSR count). The summed E-state index contributed by atoms with van der Waals surface area (Å²) < 4.78 is 12.2. The molecular formula is C26H31NO3. The topological polar surface area (TPSA) is 41.9 Å². The predicted octanol–water partition coefficient (Wildman–Crippen LogP) is 4.83. The minimum Gasteiger partial charge on any atom is -0.491 e. The van der Waals surface area contributed by atoms with Crippen molar-refractivity contribution in [2.75, 3.05) is 27.2 Å². The van der Waals surface area contributed by atoms with Gasteiger partial charge in [0.2, 0.25) is 0 Å². The molecule has 2 atom stereocenters. The molecule has 0 fully saturated rings. The number of hydrogen-bond acceptors (Lipinski definition) is 4. The molecular weight excluding hydrogens is 374 g/mol. The van der Waals surface area contributed by atoms with Crippen LogP contribution in [0.4, 0.5) is 0 Å². The Morgan fingerprint density at radius 3 is 2.63 bits per heavy atom. The number of aliphatic hydroxyl groups excluding tert-OH is 1. The maximum Gasteiger partial charge on any atom is 0.127 e. The van der Waals surface area contributed by atoms with Gasteiger partial charge in [-0.2, -0.15) is 0 Å². The second-order valence-electron chi connectivity index (χ2n) is 9.11. The second kappa shape index (κ2) is 8.29. The van der Waals surface area contributed by atoms with E-state index in [2.05, 4.69) is 62.4 Å². The van der Waals surface area contributed by atoms with Crippen LogP contribution in [0.3, 0.4) is 0 Å². The number of fused-ring (bicyclic) bond motifs is 2. The highest BCUT2D eigenvalue weighted by Gasteiger charge is 2.35. The standard InChI is InChI=1S/C26H31NO3/c1-26(2)15-24(22-11-7-9-18-8-5-6-10-21(18)22)23-13-12-20(14-25(23)30-26)29-17-19(28)16-27(3)4/h5-14,19,24,28H,15-17H2,1-4H3. The Balaban J connectivity index is 1.66. The maximum absolute atomic E-state index is 10.1. The van der Waals surface area contributed by atoms with Gasteiger partial charge in [0.15, 0.2) is 0 Å². The van der Waals surface area contributed by atoms with E-state index in [4.69, 9.17) is 9.47 Å². The molecule has 1 N–H and O–H groups in total. The molecule has 1 aliphatic rings. The lowest BCUT2D eigenvalue weighted by Crippen LogP contribution is -2.35. The molecule has 0 aromatic heterocycles. The van der Waals surface area contributed by atoms with Crippen molar-refractivity contribution in [2.24, 2.45) is 0 Å². The van der Waals surface area contributed by atoms with Gasteiger partial charge in [-0.05, 0) is 56.8 Å². The SMILES string of the molecule is CN(C)CC(O)COc1ccc2c(c1)OC(C)(C)CC2c1cccc2ccccc12. The molecule has 0 amide bonds. The monoisotopic (exact) mass is 405 g/mol. The highest BCUT2D eigenvalue weighted by Crippen LogP contribution is 2.46. The van der Waals surface area contributed by atoms with Crippen LogP contribution in [-0.2, 0) is 0 Å². The summed E-state index contributed by atoms with van der Waals surface area (Å²) in [6, 6.07) is 21.2. The number of hydrogen-bond donors (Lipinski definition) is 1. The first-order valence-corrected chi connectivity index (χ1v) is 10.6. The first-order chi connectivity index (χ1) is 14.3. The van der Waals surface area contributed by atoms with Gasteiger partial charge in [0.1, 0.15) is 29.8 Å². The largest absolute Gasteiger partial charge is 0.491 e. The quantitative estimate of drug-likeness (QED) is 0.638. The van der Waals surface area contributed by atoms with E-state index in [0.717, 1.165) is 17.9 Å². The molecule has 1 aliphatic heterocycles. The van der Waals surface area contributed by atoms with Crippen molar-refractivity contribution >= 4 is 10.8 Å². The number of rotatable bonds is 6. The van der Waals surface area contributed by atoms with E-state index in [1.807, 2.05) is 31.1 Å². The first kappa shape index (κ1) is 20.7. The van der Waals surface area contributed by atoms with Crippen molar-refractivity contribution in [1.29, 1.82) is 0 Å². The number of nitrogens with zero attached hydrogens (tertiary/aromatic N) is 1. The molecule has 3 aromatic rings. The summed E-state index contributed by atoms with van der Waals surface area (Å²) in [7, 11) is 3.87. The summed E-state index contributed by atoms with van der Waals surface area (Å²) in [5.41, 5.74) is 2.24. The zero-order chi connectivity index (χ0) is 21.3. The van der Waals surface area contributed by atoms with Crippen LogP contribution in [-0.4, -0.2) is 49.0 Å². The average molecular weight is 406 g/mol.